The van der Waals surface area contributed by atoms with Crippen molar-refractivity contribution < 1.29 is 18.8 Å². The zero-order valence-corrected chi connectivity index (χ0v) is 13.4. The second-order valence-corrected chi connectivity index (χ2v) is 6.82. The number of hydrogen-bond donors (Lipinski definition) is 0. The van der Waals surface area contributed by atoms with E-state index in [1.165, 1.54) is 5.56 Å². The second kappa shape index (κ2) is 5.01. The van der Waals surface area contributed by atoms with E-state index in [0.717, 1.165) is 24.4 Å². The van der Waals surface area contributed by atoms with Crippen LogP contribution >= 0.6 is 0 Å². The molecule has 4 nitrogen and oxygen atoms in total. The molecule has 1 aromatic rings. The van der Waals surface area contributed by atoms with E-state index >= 15 is 0 Å². The van der Waals surface area contributed by atoms with Gasteiger partial charge in [-0.15, -0.1) is 0 Å². The highest BCUT2D eigenvalue weighted by molar-refractivity contribution is 6.62. The number of rotatable bonds is 3. The van der Waals surface area contributed by atoms with E-state index in [9.17, 15) is 0 Å². The first-order chi connectivity index (χ1) is 9.84. The molecule has 0 amide bonds. The summed E-state index contributed by atoms with van der Waals surface area (Å²) in [4.78, 5) is 0. The lowest BCUT2D eigenvalue weighted by molar-refractivity contribution is 0.00578. The van der Waals surface area contributed by atoms with Crippen LogP contribution in [0.4, 0.5) is 0 Å². The van der Waals surface area contributed by atoms with Crippen molar-refractivity contribution in [1.82, 2.24) is 0 Å². The molecule has 0 radical (unpaired) electrons. The molecule has 0 unspecified atom stereocenters. The molecule has 0 spiro atoms. The highest BCUT2D eigenvalue weighted by Gasteiger charge is 2.51. The van der Waals surface area contributed by atoms with E-state index in [2.05, 4.69) is 33.8 Å². The third-order valence-electron chi connectivity index (χ3n) is 4.86. The van der Waals surface area contributed by atoms with Crippen LogP contribution in [-0.2, 0) is 14.0 Å². The van der Waals surface area contributed by atoms with Crippen molar-refractivity contribution in [2.45, 2.75) is 44.8 Å². The zero-order valence-electron chi connectivity index (χ0n) is 13.4. The van der Waals surface area contributed by atoms with Gasteiger partial charge in [-0.2, -0.15) is 0 Å². The van der Waals surface area contributed by atoms with Crippen LogP contribution in [0.3, 0.4) is 0 Å². The summed E-state index contributed by atoms with van der Waals surface area (Å²) in [5, 5.41) is 0. The van der Waals surface area contributed by atoms with Gasteiger partial charge in [-0.1, -0.05) is 12.1 Å². The highest BCUT2D eigenvalue weighted by Crippen LogP contribution is 2.37. The molecule has 0 aliphatic carbocycles. The van der Waals surface area contributed by atoms with Gasteiger partial charge in [0.25, 0.3) is 0 Å². The molecule has 0 bridgehead atoms. The summed E-state index contributed by atoms with van der Waals surface area (Å²) < 4.78 is 23.0. The van der Waals surface area contributed by atoms with E-state index in [0.29, 0.717) is 5.92 Å². The van der Waals surface area contributed by atoms with E-state index in [-0.39, 0.29) is 18.3 Å². The normalized spacial score (nSPS) is 24.0. The van der Waals surface area contributed by atoms with Gasteiger partial charge in [0.15, 0.2) is 0 Å². The van der Waals surface area contributed by atoms with Crippen molar-refractivity contribution in [3.8, 4) is 5.75 Å². The molecule has 0 aromatic heterocycles. The Hall–Kier alpha value is -1.04. The Bertz CT molecular complexity index is 521. The lowest BCUT2D eigenvalue weighted by atomic mass is 9.77. The Morgan fingerprint density at radius 1 is 1.10 bits per heavy atom. The van der Waals surface area contributed by atoms with Crippen LogP contribution in [0.15, 0.2) is 18.2 Å². The lowest BCUT2D eigenvalue weighted by Gasteiger charge is -2.32. The molecule has 0 N–H and O–H groups in total. The maximum absolute atomic E-state index is 6.12. The van der Waals surface area contributed by atoms with Crippen molar-refractivity contribution in [3.05, 3.63) is 23.8 Å². The van der Waals surface area contributed by atoms with Crippen LogP contribution in [0.5, 0.6) is 5.75 Å². The zero-order chi connectivity index (χ0) is 15.3. The fourth-order valence-corrected chi connectivity index (χ4v) is 2.61. The summed E-state index contributed by atoms with van der Waals surface area (Å²) in [6.45, 7) is 9.77. The second-order valence-electron chi connectivity index (χ2n) is 6.82. The summed E-state index contributed by atoms with van der Waals surface area (Å²) >= 11 is 0. The first-order valence-electron chi connectivity index (χ1n) is 7.45. The van der Waals surface area contributed by atoms with Gasteiger partial charge in [0, 0.05) is 11.5 Å². The number of benzene rings is 1. The average Bonchev–Trinajstić information content (AvgIpc) is 2.56. The van der Waals surface area contributed by atoms with Gasteiger partial charge in [0.05, 0.1) is 31.5 Å². The molecular formula is C16H23BO4. The van der Waals surface area contributed by atoms with Gasteiger partial charge in [0.2, 0.25) is 0 Å². The van der Waals surface area contributed by atoms with Gasteiger partial charge < -0.3 is 18.8 Å². The van der Waals surface area contributed by atoms with Crippen molar-refractivity contribution in [3.63, 3.8) is 0 Å². The van der Waals surface area contributed by atoms with E-state index in [1.54, 1.807) is 7.11 Å². The summed E-state index contributed by atoms with van der Waals surface area (Å²) in [6, 6.07) is 6.15. The largest absolute Gasteiger partial charge is 0.496 e. The van der Waals surface area contributed by atoms with Gasteiger partial charge in [0.1, 0.15) is 5.75 Å². The smallest absolute Gasteiger partial charge is 0.494 e. The minimum absolute atomic E-state index is 0.322. The van der Waals surface area contributed by atoms with Crippen molar-refractivity contribution in [2.24, 2.45) is 0 Å². The van der Waals surface area contributed by atoms with Crippen LogP contribution in [0.2, 0.25) is 0 Å². The third kappa shape index (κ3) is 2.47. The Labute approximate surface area is 126 Å². The molecule has 0 atom stereocenters. The maximum atomic E-state index is 6.12. The number of methoxy groups -OCH3 is 1. The molecule has 2 aliphatic rings. The van der Waals surface area contributed by atoms with Crippen LogP contribution in [0.25, 0.3) is 0 Å². The van der Waals surface area contributed by atoms with Gasteiger partial charge >= 0.3 is 7.12 Å². The topological polar surface area (TPSA) is 36.9 Å². The van der Waals surface area contributed by atoms with Crippen molar-refractivity contribution in [2.75, 3.05) is 20.3 Å². The molecule has 2 fully saturated rings. The molecule has 2 heterocycles. The summed E-state index contributed by atoms with van der Waals surface area (Å²) in [6.07, 6.45) is 0. The molecule has 2 saturated heterocycles. The monoisotopic (exact) mass is 290 g/mol. The molecule has 5 heteroatoms. The quantitative estimate of drug-likeness (QED) is 0.799. The van der Waals surface area contributed by atoms with Crippen LogP contribution < -0.4 is 10.2 Å². The first kappa shape index (κ1) is 14.9. The molecular weight excluding hydrogens is 267 g/mol. The summed E-state index contributed by atoms with van der Waals surface area (Å²) in [5.74, 6) is 1.31. The van der Waals surface area contributed by atoms with Gasteiger partial charge in [-0.25, -0.2) is 0 Å². The number of ether oxygens (including phenoxy) is 2. The van der Waals surface area contributed by atoms with E-state index in [4.69, 9.17) is 18.8 Å². The van der Waals surface area contributed by atoms with Crippen LogP contribution in [0.1, 0.15) is 39.2 Å². The Kier molecular flexibility index (Phi) is 3.55. The lowest BCUT2D eigenvalue weighted by Crippen LogP contribution is -2.41. The minimum Gasteiger partial charge on any atom is -0.496 e. The first-order valence-corrected chi connectivity index (χ1v) is 7.45. The molecule has 0 saturated carbocycles. The molecule has 114 valence electrons. The average molecular weight is 290 g/mol. The minimum atomic E-state index is -0.333. The summed E-state index contributed by atoms with van der Waals surface area (Å²) in [5.41, 5.74) is 1.57. The van der Waals surface area contributed by atoms with Gasteiger partial charge in [-0.05, 0) is 39.2 Å². The Balaban J connectivity index is 1.90. The SMILES string of the molecule is COc1ccc(B2OC(C)(C)C(C)(C)O2)cc1C1COC1. The predicted octanol–water partition coefficient (Wildman–Crippen LogP) is 2.11. The third-order valence-corrected chi connectivity index (χ3v) is 4.86. The Morgan fingerprint density at radius 2 is 1.71 bits per heavy atom. The van der Waals surface area contributed by atoms with E-state index in [1.807, 2.05) is 12.1 Å². The van der Waals surface area contributed by atoms with Crippen LogP contribution in [-0.4, -0.2) is 38.6 Å². The van der Waals surface area contributed by atoms with Crippen molar-refractivity contribution in [1.29, 1.82) is 0 Å². The molecule has 1 aromatic carbocycles. The van der Waals surface area contributed by atoms with E-state index < -0.39 is 0 Å². The highest BCUT2D eigenvalue weighted by atomic mass is 16.7. The molecule has 21 heavy (non-hydrogen) atoms. The maximum Gasteiger partial charge on any atom is 0.494 e. The van der Waals surface area contributed by atoms with Gasteiger partial charge in [-0.3, -0.25) is 0 Å². The summed E-state index contributed by atoms with van der Waals surface area (Å²) in [7, 11) is 1.37. The molecule has 2 aliphatic heterocycles. The standard InChI is InChI=1S/C16H23BO4/c1-15(2)16(3,4)21-17(20-15)12-6-7-14(18-5)13(8-12)11-9-19-10-11/h6-8,11H,9-10H2,1-5H3. The Morgan fingerprint density at radius 3 is 2.19 bits per heavy atom. The number of hydrogen-bond acceptors (Lipinski definition) is 4. The molecule has 3 rings (SSSR count). The van der Waals surface area contributed by atoms with Crippen LogP contribution in [0, 0.1) is 0 Å². The van der Waals surface area contributed by atoms with Crippen molar-refractivity contribution >= 4 is 12.6 Å². The fourth-order valence-electron chi connectivity index (χ4n) is 2.61. The predicted molar refractivity (Wildman–Crippen MR) is 82.3 cm³/mol. The fraction of sp³-hybridized carbons (Fsp3) is 0.625.